The molecule has 0 saturated heterocycles. The van der Waals surface area contributed by atoms with Crippen LogP contribution in [0.15, 0.2) is 30.3 Å². The molecule has 1 aromatic carbocycles. The molecule has 0 radical (unpaired) electrons. The number of ether oxygens (including phenoxy) is 2. The molecule has 0 aliphatic carbocycles. The molecule has 0 spiro atoms. The minimum atomic E-state index is -0.136. The van der Waals surface area contributed by atoms with E-state index in [2.05, 4.69) is 42.0 Å². The first-order valence-corrected chi connectivity index (χ1v) is 11.4. The van der Waals surface area contributed by atoms with Gasteiger partial charge in [0.05, 0.1) is 18.9 Å². The lowest BCUT2D eigenvalue weighted by molar-refractivity contribution is -0.143. The smallest absolute Gasteiger partial charge is 0.305 e. The van der Waals surface area contributed by atoms with Gasteiger partial charge in [-0.1, -0.05) is 19.8 Å². The molecule has 0 bridgehead atoms. The molecule has 0 saturated carbocycles. The largest absolute Gasteiger partial charge is 0.493 e. The fourth-order valence-corrected chi connectivity index (χ4v) is 4.13. The van der Waals surface area contributed by atoms with E-state index in [1.54, 1.807) is 0 Å². The van der Waals surface area contributed by atoms with Crippen LogP contribution in [0.5, 0.6) is 5.75 Å². The molecule has 31 heavy (non-hydrogen) atoms. The number of aryl methyl sites for hydroxylation is 1. The summed E-state index contributed by atoms with van der Waals surface area (Å²) in [6, 6.07) is 10.1. The van der Waals surface area contributed by atoms with Crippen LogP contribution >= 0.6 is 0 Å². The zero-order chi connectivity index (χ0) is 22.1. The second kappa shape index (κ2) is 10.9. The van der Waals surface area contributed by atoms with Crippen molar-refractivity contribution in [3.8, 4) is 17.6 Å². The van der Waals surface area contributed by atoms with Crippen LogP contribution < -0.4 is 4.74 Å². The highest BCUT2D eigenvalue weighted by atomic mass is 16.5. The number of esters is 1. The predicted octanol–water partition coefficient (Wildman–Crippen LogP) is 4.99. The van der Waals surface area contributed by atoms with Gasteiger partial charge in [0.1, 0.15) is 11.4 Å². The number of hydrogen-bond acceptors (Lipinski definition) is 5. The lowest BCUT2D eigenvalue weighted by Crippen LogP contribution is -2.31. The molecule has 0 N–H and O–H groups in total. The standard InChI is InChI=1S/C26H32N2O3/c1-4-26(5-2)17-18-31-24-16-12-20(19-23(24)26)11-13-22-15-14-21(27-28-22)9-7-8-10-25(29)30-6-3/h12,14-16,19H,4-10,17-18H2,1-3H3. The molecule has 5 nitrogen and oxygen atoms in total. The van der Waals surface area contributed by atoms with Gasteiger partial charge in [-0.05, 0) is 81.7 Å². The maximum absolute atomic E-state index is 11.4. The van der Waals surface area contributed by atoms with Crippen LogP contribution in [-0.4, -0.2) is 29.4 Å². The number of nitrogens with zero attached hydrogens (tertiary/aromatic N) is 2. The molecule has 5 heteroatoms. The number of hydrogen-bond donors (Lipinski definition) is 0. The van der Waals surface area contributed by atoms with Gasteiger partial charge in [0, 0.05) is 23.0 Å². The topological polar surface area (TPSA) is 61.3 Å². The summed E-state index contributed by atoms with van der Waals surface area (Å²) in [7, 11) is 0. The molecule has 0 unspecified atom stereocenters. The summed E-state index contributed by atoms with van der Waals surface area (Å²) in [5, 5.41) is 8.52. The summed E-state index contributed by atoms with van der Waals surface area (Å²) in [4.78, 5) is 11.4. The molecule has 1 aliphatic heterocycles. The molecular formula is C26H32N2O3. The maximum atomic E-state index is 11.4. The Bertz CT molecular complexity index is 937. The third-order valence-electron chi connectivity index (χ3n) is 6.17. The summed E-state index contributed by atoms with van der Waals surface area (Å²) < 4.78 is 10.8. The average molecular weight is 421 g/mol. The van der Waals surface area contributed by atoms with Crippen molar-refractivity contribution < 1.29 is 14.3 Å². The highest BCUT2D eigenvalue weighted by Crippen LogP contribution is 2.43. The molecule has 2 aromatic rings. The van der Waals surface area contributed by atoms with Gasteiger partial charge in [-0.3, -0.25) is 4.79 Å². The fraction of sp³-hybridized carbons (Fsp3) is 0.500. The zero-order valence-electron chi connectivity index (χ0n) is 18.9. The van der Waals surface area contributed by atoms with E-state index < -0.39 is 0 Å². The SMILES string of the molecule is CCOC(=O)CCCCc1ccc(C#Cc2ccc3c(c2)C(CC)(CC)CCO3)nn1. The first-order chi connectivity index (χ1) is 15.1. The van der Waals surface area contributed by atoms with E-state index in [0.29, 0.717) is 18.7 Å². The van der Waals surface area contributed by atoms with Crippen molar-refractivity contribution in [3.05, 3.63) is 52.8 Å². The summed E-state index contributed by atoms with van der Waals surface area (Å²) >= 11 is 0. The van der Waals surface area contributed by atoms with Crippen molar-refractivity contribution in [1.29, 1.82) is 0 Å². The quantitative estimate of drug-likeness (QED) is 0.342. The summed E-state index contributed by atoms with van der Waals surface area (Å²) in [6.07, 6.45) is 6.17. The van der Waals surface area contributed by atoms with Gasteiger partial charge in [-0.25, -0.2) is 0 Å². The molecule has 3 rings (SSSR count). The number of carbonyl (C=O) groups excluding carboxylic acids is 1. The first kappa shape index (κ1) is 22.8. The average Bonchev–Trinajstić information content (AvgIpc) is 2.81. The molecule has 0 atom stereocenters. The van der Waals surface area contributed by atoms with Gasteiger partial charge >= 0.3 is 5.97 Å². The Balaban J connectivity index is 1.62. The zero-order valence-corrected chi connectivity index (χ0v) is 18.9. The molecule has 2 heterocycles. The molecular weight excluding hydrogens is 388 g/mol. The summed E-state index contributed by atoms with van der Waals surface area (Å²) in [5.41, 5.74) is 4.00. The van der Waals surface area contributed by atoms with Gasteiger partial charge < -0.3 is 9.47 Å². The second-order valence-electron chi connectivity index (χ2n) is 7.97. The van der Waals surface area contributed by atoms with Crippen molar-refractivity contribution in [2.75, 3.05) is 13.2 Å². The van der Waals surface area contributed by atoms with Crippen LogP contribution in [0.4, 0.5) is 0 Å². The predicted molar refractivity (Wildman–Crippen MR) is 121 cm³/mol. The number of benzene rings is 1. The number of unbranched alkanes of at least 4 members (excludes halogenated alkanes) is 1. The van der Waals surface area contributed by atoms with Crippen LogP contribution in [0.2, 0.25) is 0 Å². The monoisotopic (exact) mass is 420 g/mol. The van der Waals surface area contributed by atoms with Gasteiger partial charge in [-0.2, -0.15) is 5.10 Å². The Labute approximate surface area is 185 Å². The molecule has 1 aliphatic rings. The highest BCUT2D eigenvalue weighted by molar-refractivity contribution is 5.69. The summed E-state index contributed by atoms with van der Waals surface area (Å²) in [6.45, 7) is 7.55. The Hall–Kier alpha value is -2.87. The van der Waals surface area contributed by atoms with E-state index in [1.807, 2.05) is 31.2 Å². The van der Waals surface area contributed by atoms with Crippen LogP contribution in [0.25, 0.3) is 0 Å². The van der Waals surface area contributed by atoms with Crippen molar-refractivity contribution in [2.24, 2.45) is 0 Å². The highest BCUT2D eigenvalue weighted by Gasteiger charge is 2.34. The van der Waals surface area contributed by atoms with Gasteiger partial charge in [-0.15, -0.1) is 5.10 Å². The van der Waals surface area contributed by atoms with Crippen molar-refractivity contribution in [1.82, 2.24) is 10.2 Å². The summed E-state index contributed by atoms with van der Waals surface area (Å²) in [5.74, 6) is 7.22. The van der Waals surface area contributed by atoms with Crippen LogP contribution in [0, 0.1) is 11.8 Å². The van der Waals surface area contributed by atoms with Crippen LogP contribution in [-0.2, 0) is 21.4 Å². The van der Waals surface area contributed by atoms with Gasteiger partial charge in [0.15, 0.2) is 0 Å². The number of fused-ring (bicyclic) bond motifs is 1. The molecule has 164 valence electrons. The van der Waals surface area contributed by atoms with Crippen LogP contribution in [0.3, 0.4) is 0 Å². The van der Waals surface area contributed by atoms with E-state index in [-0.39, 0.29) is 11.4 Å². The van der Waals surface area contributed by atoms with E-state index in [9.17, 15) is 4.79 Å². The van der Waals surface area contributed by atoms with E-state index >= 15 is 0 Å². The van der Waals surface area contributed by atoms with E-state index in [0.717, 1.165) is 62.1 Å². The van der Waals surface area contributed by atoms with Crippen molar-refractivity contribution >= 4 is 5.97 Å². The van der Waals surface area contributed by atoms with E-state index in [1.165, 1.54) is 5.56 Å². The Morgan fingerprint density at radius 2 is 1.94 bits per heavy atom. The number of carbonyl (C=O) groups is 1. The minimum absolute atomic E-state index is 0.136. The number of aromatic nitrogens is 2. The van der Waals surface area contributed by atoms with Gasteiger partial charge in [0.2, 0.25) is 0 Å². The Morgan fingerprint density at radius 3 is 2.65 bits per heavy atom. The van der Waals surface area contributed by atoms with Crippen molar-refractivity contribution in [2.45, 2.75) is 71.1 Å². The second-order valence-corrected chi connectivity index (χ2v) is 7.97. The molecule has 0 fully saturated rings. The first-order valence-electron chi connectivity index (χ1n) is 11.4. The minimum Gasteiger partial charge on any atom is -0.493 e. The fourth-order valence-electron chi connectivity index (χ4n) is 4.13. The Morgan fingerprint density at radius 1 is 1.10 bits per heavy atom. The molecule has 1 aromatic heterocycles. The maximum Gasteiger partial charge on any atom is 0.305 e. The third-order valence-corrected chi connectivity index (χ3v) is 6.17. The van der Waals surface area contributed by atoms with E-state index in [4.69, 9.17) is 9.47 Å². The number of rotatable bonds is 8. The van der Waals surface area contributed by atoms with Crippen LogP contribution in [0.1, 0.15) is 81.8 Å². The lowest BCUT2D eigenvalue weighted by atomic mass is 9.71. The third kappa shape index (κ3) is 5.85. The molecule has 0 amide bonds. The van der Waals surface area contributed by atoms with Crippen molar-refractivity contribution in [3.63, 3.8) is 0 Å². The lowest BCUT2D eigenvalue weighted by Gasteiger charge is -2.37. The normalized spacial score (nSPS) is 14.0. The van der Waals surface area contributed by atoms with Gasteiger partial charge in [0.25, 0.3) is 0 Å². The Kier molecular flexibility index (Phi) is 8.06.